The first kappa shape index (κ1) is 35.9. The Morgan fingerprint density at radius 2 is 1.46 bits per heavy atom. The SMILES string of the molecule is CC[Si](CC)(CC)O[C@@H](c1ccc(Br)cc1)[C@@H](/C=C\[S+](=O)(c1ccccc1)N(C)C)C1CCCCC1.F[B-](F)(F)F. The minimum absolute atomic E-state index is 0.0226. The van der Waals surface area contributed by atoms with Gasteiger partial charge in [-0.25, -0.2) is 0 Å². The van der Waals surface area contributed by atoms with Crippen molar-refractivity contribution in [1.82, 2.24) is 4.31 Å². The van der Waals surface area contributed by atoms with Crippen LogP contribution in [0, 0.1) is 11.8 Å². The van der Waals surface area contributed by atoms with Gasteiger partial charge in [0.25, 0.3) is 0 Å². The molecule has 41 heavy (non-hydrogen) atoms. The number of benzene rings is 2. The van der Waals surface area contributed by atoms with E-state index in [0.29, 0.717) is 5.92 Å². The molecule has 0 aromatic heterocycles. The molecule has 3 nitrogen and oxygen atoms in total. The van der Waals surface area contributed by atoms with Crippen molar-refractivity contribution in [3.63, 3.8) is 0 Å². The predicted molar refractivity (Wildman–Crippen MR) is 171 cm³/mol. The molecule has 11 heteroatoms. The Balaban J connectivity index is 0.00000108. The molecule has 0 amide bonds. The molecule has 0 bridgehead atoms. The molecular weight excluding hydrogens is 633 g/mol. The molecule has 230 valence electrons. The van der Waals surface area contributed by atoms with Crippen molar-refractivity contribution in [1.29, 1.82) is 0 Å². The van der Waals surface area contributed by atoms with Crippen LogP contribution in [0.2, 0.25) is 18.1 Å². The highest BCUT2D eigenvalue weighted by Crippen LogP contribution is 2.43. The molecule has 0 heterocycles. The largest absolute Gasteiger partial charge is 0.673 e. The fourth-order valence-electron chi connectivity index (χ4n) is 5.54. The quantitative estimate of drug-likeness (QED) is 0.127. The van der Waals surface area contributed by atoms with E-state index in [4.69, 9.17) is 4.43 Å². The topological polar surface area (TPSA) is 29.5 Å². The zero-order valence-electron chi connectivity index (χ0n) is 24.9. The molecule has 1 saturated carbocycles. The van der Waals surface area contributed by atoms with Gasteiger partial charge in [-0.15, -0.1) is 4.31 Å². The van der Waals surface area contributed by atoms with E-state index in [1.165, 1.54) is 37.7 Å². The van der Waals surface area contributed by atoms with Crippen molar-refractivity contribution >= 4 is 41.6 Å². The Kier molecular flexibility index (Phi) is 14.5. The van der Waals surface area contributed by atoms with Crippen LogP contribution in [-0.2, 0) is 18.8 Å². The van der Waals surface area contributed by atoms with E-state index in [9.17, 15) is 21.5 Å². The molecule has 0 saturated heterocycles. The summed E-state index contributed by atoms with van der Waals surface area (Å²) in [6.45, 7) is 6.91. The Bertz CT molecular complexity index is 1100. The monoisotopic (exact) mass is 677 g/mol. The summed E-state index contributed by atoms with van der Waals surface area (Å²) in [5, 5.41) is 2.00. The number of hydrogen-bond donors (Lipinski definition) is 0. The van der Waals surface area contributed by atoms with E-state index >= 15 is 0 Å². The summed E-state index contributed by atoms with van der Waals surface area (Å²) < 4.78 is 63.6. The lowest BCUT2D eigenvalue weighted by Crippen LogP contribution is -2.40. The summed E-state index contributed by atoms with van der Waals surface area (Å²) in [6.07, 6.45) is 8.51. The first-order valence-electron chi connectivity index (χ1n) is 14.5. The third-order valence-corrected chi connectivity index (χ3v) is 15.9. The lowest BCUT2D eigenvalue weighted by Gasteiger charge is -2.40. The van der Waals surface area contributed by atoms with Crippen LogP contribution < -0.4 is 0 Å². The standard InChI is InChI=1S/C30H45BrNO2SSi.BF4/c1-6-36(7-2,8-3)34-30(26-19-21-27(31)22-20-26)29(25-15-11-9-12-16-25)23-24-35(33,32(4)5)28-17-13-10-14-18-28;2-1(3,4)5/h10,13-14,17-25,29-30H,6-9,11-12,15-16H2,1-5H3;/q+1;-1/b24-23-;/t29-,30-,35?;/m0./s1. The average molecular weight is 679 g/mol. The zero-order chi connectivity index (χ0) is 30.7. The normalized spacial score (nSPS) is 18.0. The molecule has 0 aliphatic heterocycles. The van der Waals surface area contributed by atoms with Gasteiger partial charge in [-0.2, -0.15) is 0 Å². The molecule has 0 radical (unpaired) electrons. The van der Waals surface area contributed by atoms with Gasteiger partial charge in [0.2, 0.25) is 10.1 Å². The third kappa shape index (κ3) is 11.1. The molecule has 3 rings (SSSR count). The summed E-state index contributed by atoms with van der Waals surface area (Å²) >= 11 is 3.62. The van der Waals surface area contributed by atoms with Crippen molar-refractivity contribution in [2.45, 2.75) is 82.0 Å². The van der Waals surface area contributed by atoms with Crippen molar-refractivity contribution in [2.75, 3.05) is 14.1 Å². The maximum atomic E-state index is 14.3. The maximum absolute atomic E-state index is 14.3. The van der Waals surface area contributed by atoms with Crippen LogP contribution in [0.5, 0.6) is 0 Å². The summed E-state index contributed by atoms with van der Waals surface area (Å²) in [5.74, 6) is 0.718. The lowest BCUT2D eigenvalue weighted by molar-refractivity contribution is 0.0960. The second kappa shape index (κ2) is 16.5. The van der Waals surface area contributed by atoms with Gasteiger partial charge in [-0.05, 0) is 72.8 Å². The fourth-order valence-corrected chi connectivity index (χ4v) is 10.4. The van der Waals surface area contributed by atoms with Gasteiger partial charge in [0.1, 0.15) is 5.41 Å². The van der Waals surface area contributed by atoms with Gasteiger partial charge in [-0.1, -0.05) is 90.5 Å². The summed E-state index contributed by atoms with van der Waals surface area (Å²) in [5.41, 5.74) is 1.24. The molecule has 0 spiro atoms. The Hall–Kier alpha value is -1.27. The molecule has 1 aliphatic rings. The highest BCUT2D eigenvalue weighted by molar-refractivity contribution is 9.10. The number of halogens is 5. The van der Waals surface area contributed by atoms with Crippen molar-refractivity contribution in [3.05, 3.63) is 76.1 Å². The summed E-state index contributed by atoms with van der Waals surface area (Å²) in [4.78, 5) is 0.856. The number of hydrogen-bond acceptors (Lipinski definition) is 2. The van der Waals surface area contributed by atoms with Gasteiger partial charge < -0.3 is 21.7 Å². The van der Waals surface area contributed by atoms with Gasteiger partial charge >= 0.3 is 7.25 Å². The zero-order valence-corrected chi connectivity index (χ0v) is 28.3. The van der Waals surface area contributed by atoms with Gasteiger partial charge in [0, 0.05) is 24.5 Å². The van der Waals surface area contributed by atoms with E-state index in [0.717, 1.165) is 27.5 Å². The summed E-state index contributed by atoms with van der Waals surface area (Å²) in [6, 6.07) is 22.0. The van der Waals surface area contributed by atoms with Crippen LogP contribution >= 0.6 is 15.9 Å². The first-order chi connectivity index (χ1) is 19.3. The van der Waals surface area contributed by atoms with Crippen LogP contribution in [0.3, 0.4) is 0 Å². The van der Waals surface area contributed by atoms with E-state index < -0.39 is 25.7 Å². The van der Waals surface area contributed by atoms with E-state index in [2.05, 4.69) is 67.0 Å². The Morgan fingerprint density at radius 3 is 1.93 bits per heavy atom. The Labute approximate surface area is 255 Å². The van der Waals surface area contributed by atoms with Crippen LogP contribution in [-0.4, -0.2) is 34.0 Å². The van der Waals surface area contributed by atoms with Crippen molar-refractivity contribution in [2.24, 2.45) is 11.8 Å². The first-order valence-corrected chi connectivity index (χ1v) is 19.4. The molecule has 2 aromatic rings. The van der Waals surface area contributed by atoms with Crippen molar-refractivity contribution in [3.8, 4) is 0 Å². The lowest BCUT2D eigenvalue weighted by atomic mass is 9.76. The number of nitrogens with zero attached hydrogens (tertiary/aromatic N) is 1. The van der Waals surface area contributed by atoms with E-state index in [1.807, 2.05) is 54.1 Å². The van der Waals surface area contributed by atoms with Crippen LogP contribution in [0.25, 0.3) is 0 Å². The predicted octanol–water partition coefficient (Wildman–Crippen LogP) is 10.6. The van der Waals surface area contributed by atoms with Crippen LogP contribution in [0.1, 0.15) is 64.5 Å². The second-order valence-electron chi connectivity index (χ2n) is 10.8. The maximum Gasteiger partial charge on any atom is 0.673 e. The second-order valence-corrected chi connectivity index (χ2v) is 19.1. The smallest absolute Gasteiger partial charge is 0.418 e. The van der Waals surface area contributed by atoms with E-state index in [1.54, 1.807) is 0 Å². The molecule has 1 fully saturated rings. The highest BCUT2D eigenvalue weighted by Gasteiger charge is 2.40. The molecule has 2 aromatic carbocycles. The fraction of sp³-hybridized carbons (Fsp3) is 0.533. The van der Waals surface area contributed by atoms with Crippen molar-refractivity contribution < 1.29 is 25.9 Å². The van der Waals surface area contributed by atoms with E-state index in [-0.39, 0.29) is 12.0 Å². The molecule has 0 N–H and O–H groups in total. The minimum Gasteiger partial charge on any atom is -0.418 e. The minimum atomic E-state index is -6.00. The highest BCUT2D eigenvalue weighted by atomic mass is 79.9. The molecule has 1 unspecified atom stereocenters. The third-order valence-electron chi connectivity index (χ3n) is 8.16. The Morgan fingerprint density at radius 1 is 0.951 bits per heavy atom. The molecular formula is C30H45BBrF4NO2SSi. The van der Waals surface area contributed by atoms with Gasteiger partial charge in [-0.3, -0.25) is 0 Å². The van der Waals surface area contributed by atoms with Crippen LogP contribution in [0.15, 0.2) is 75.4 Å². The summed E-state index contributed by atoms with van der Waals surface area (Å²) in [7, 11) is -6.56. The van der Waals surface area contributed by atoms with Crippen LogP contribution in [0.4, 0.5) is 17.3 Å². The number of rotatable bonds is 12. The van der Waals surface area contributed by atoms with Gasteiger partial charge in [0.15, 0.2) is 13.2 Å². The average Bonchev–Trinajstić information content (AvgIpc) is 2.95. The van der Waals surface area contributed by atoms with Gasteiger partial charge in [0.05, 0.1) is 6.10 Å². The molecule has 1 aliphatic carbocycles. The molecule has 3 atom stereocenters.